The van der Waals surface area contributed by atoms with Crippen LogP contribution in [0.15, 0.2) is 48.7 Å². The van der Waals surface area contributed by atoms with Crippen molar-refractivity contribution in [2.75, 3.05) is 37.5 Å². The predicted molar refractivity (Wildman–Crippen MR) is 117 cm³/mol. The monoisotopic (exact) mass is 413 g/mol. The fraction of sp³-hybridized carbons (Fsp3) is 0.238. The highest BCUT2D eigenvalue weighted by molar-refractivity contribution is 6.33. The Morgan fingerprint density at radius 2 is 2.07 bits per heavy atom. The highest BCUT2D eigenvalue weighted by Gasteiger charge is 2.17. The summed E-state index contributed by atoms with van der Waals surface area (Å²) in [5.74, 6) is 0.417. The van der Waals surface area contributed by atoms with Crippen molar-refractivity contribution in [2.24, 2.45) is 12.8 Å². The molecule has 0 radical (unpaired) electrons. The maximum atomic E-state index is 12.8. The number of benzene rings is 2. The molecule has 0 aliphatic carbocycles. The van der Waals surface area contributed by atoms with Crippen LogP contribution in [0.2, 0.25) is 5.02 Å². The van der Waals surface area contributed by atoms with Gasteiger partial charge in [0.15, 0.2) is 0 Å². The van der Waals surface area contributed by atoms with Gasteiger partial charge in [-0.05, 0) is 36.4 Å². The smallest absolute Gasteiger partial charge is 0.255 e. The first-order valence-electron chi connectivity index (χ1n) is 9.14. The topological polar surface area (TPSA) is 85.4 Å². The Morgan fingerprint density at radius 1 is 1.28 bits per heavy atom. The SMILES string of the molecule is CN(C)c1cccc(C(=O)Nc2ccc(OCCN)c(-c3c(Cl)cnn3C)c2)c1. The van der Waals surface area contributed by atoms with Crippen LogP contribution in [0.25, 0.3) is 11.3 Å². The number of aromatic nitrogens is 2. The van der Waals surface area contributed by atoms with E-state index in [1.165, 1.54) is 0 Å². The van der Waals surface area contributed by atoms with Crippen molar-refractivity contribution in [3.63, 3.8) is 0 Å². The molecule has 29 heavy (non-hydrogen) atoms. The molecule has 0 saturated carbocycles. The van der Waals surface area contributed by atoms with E-state index in [2.05, 4.69) is 10.4 Å². The number of nitrogens with zero attached hydrogens (tertiary/aromatic N) is 3. The minimum Gasteiger partial charge on any atom is -0.492 e. The fourth-order valence-electron chi connectivity index (χ4n) is 2.93. The maximum absolute atomic E-state index is 12.8. The molecule has 3 N–H and O–H groups in total. The molecule has 0 atom stereocenters. The van der Waals surface area contributed by atoms with Crippen LogP contribution in [-0.4, -0.2) is 42.9 Å². The van der Waals surface area contributed by atoms with Crippen LogP contribution in [-0.2, 0) is 7.05 Å². The molecule has 0 saturated heterocycles. The molecule has 3 rings (SSSR count). The number of ether oxygens (including phenoxy) is 1. The Morgan fingerprint density at radius 3 is 2.72 bits per heavy atom. The van der Waals surface area contributed by atoms with Gasteiger partial charge < -0.3 is 20.7 Å². The van der Waals surface area contributed by atoms with Crippen LogP contribution in [0.4, 0.5) is 11.4 Å². The maximum Gasteiger partial charge on any atom is 0.255 e. The molecule has 7 nitrogen and oxygen atoms in total. The van der Waals surface area contributed by atoms with E-state index in [1.807, 2.05) is 43.3 Å². The Kier molecular flexibility index (Phi) is 6.41. The second kappa shape index (κ2) is 8.98. The van der Waals surface area contributed by atoms with E-state index in [9.17, 15) is 4.79 Å². The van der Waals surface area contributed by atoms with Gasteiger partial charge in [-0.2, -0.15) is 5.10 Å². The van der Waals surface area contributed by atoms with Crippen LogP contribution in [0.5, 0.6) is 5.75 Å². The number of hydrogen-bond acceptors (Lipinski definition) is 5. The molecule has 8 heteroatoms. The molecule has 0 aliphatic rings. The molecule has 1 aromatic heterocycles. The molecule has 1 heterocycles. The van der Waals surface area contributed by atoms with Gasteiger partial charge in [0.25, 0.3) is 5.91 Å². The molecule has 0 bridgehead atoms. The quantitative estimate of drug-likeness (QED) is 0.620. The first-order chi connectivity index (χ1) is 13.9. The van der Waals surface area contributed by atoms with Crippen molar-refractivity contribution in [3.05, 3.63) is 59.2 Å². The first kappa shape index (κ1) is 20.7. The van der Waals surface area contributed by atoms with Crippen molar-refractivity contribution in [3.8, 4) is 17.0 Å². The van der Waals surface area contributed by atoms with Crippen LogP contribution < -0.4 is 20.7 Å². The zero-order valence-electron chi connectivity index (χ0n) is 16.6. The van der Waals surface area contributed by atoms with Crippen molar-refractivity contribution in [1.29, 1.82) is 0 Å². The molecule has 0 aliphatic heterocycles. The van der Waals surface area contributed by atoms with Gasteiger partial charge in [-0.15, -0.1) is 0 Å². The lowest BCUT2D eigenvalue weighted by atomic mass is 10.1. The number of rotatable bonds is 7. The summed E-state index contributed by atoms with van der Waals surface area (Å²) in [4.78, 5) is 14.7. The standard InChI is InChI=1S/C21H24ClN5O2/c1-26(2)16-6-4-5-14(11-16)21(28)25-15-7-8-19(29-10-9-23)17(12-15)20-18(22)13-24-27(20)3/h4-8,11-13H,9-10,23H2,1-3H3,(H,25,28). The van der Waals surface area contributed by atoms with E-state index in [-0.39, 0.29) is 5.91 Å². The van der Waals surface area contributed by atoms with Crippen LogP contribution in [0, 0.1) is 0 Å². The largest absolute Gasteiger partial charge is 0.492 e. The minimum atomic E-state index is -0.202. The third kappa shape index (κ3) is 4.70. The van der Waals surface area contributed by atoms with Crippen molar-refractivity contribution in [2.45, 2.75) is 0 Å². The number of nitrogens with one attached hydrogen (secondary N) is 1. The lowest BCUT2D eigenvalue weighted by Crippen LogP contribution is -2.14. The van der Waals surface area contributed by atoms with E-state index in [0.29, 0.717) is 40.9 Å². The molecule has 152 valence electrons. The van der Waals surface area contributed by atoms with Crippen LogP contribution in [0.1, 0.15) is 10.4 Å². The van der Waals surface area contributed by atoms with Gasteiger partial charge in [0.05, 0.1) is 16.9 Å². The molecule has 3 aromatic rings. The Bertz CT molecular complexity index is 997. The zero-order valence-corrected chi connectivity index (χ0v) is 17.4. The van der Waals surface area contributed by atoms with Crippen molar-refractivity contribution in [1.82, 2.24) is 9.78 Å². The van der Waals surface area contributed by atoms with Gasteiger partial charge in [0.2, 0.25) is 0 Å². The Labute approximate surface area is 175 Å². The van der Waals surface area contributed by atoms with Crippen molar-refractivity contribution >= 4 is 28.9 Å². The molecule has 2 aromatic carbocycles. The van der Waals surface area contributed by atoms with Gasteiger partial charge in [0, 0.05) is 50.2 Å². The summed E-state index contributed by atoms with van der Waals surface area (Å²) < 4.78 is 7.43. The summed E-state index contributed by atoms with van der Waals surface area (Å²) >= 11 is 6.33. The van der Waals surface area contributed by atoms with E-state index in [0.717, 1.165) is 11.3 Å². The second-order valence-electron chi connectivity index (χ2n) is 6.71. The number of carbonyl (C=O) groups is 1. The number of nitrogens with two attached hydrogens (primary N) is 1. The highest BCUT2D eigenvalue weighted by atomic mass is 35.5. The van der Waals surface area contributed by atoms with E-state index >= 15 is 0 Å². The zero-order chi connectivity index (χ0) is 21.0. The third-order valence-corrected chi connectivity index (χ3v) is 4.66. The Hall–Kier alpha value is -3.03. The van der Waals surface area contributed by atoms with Crippen LogP contribution >= 0.6 is 11.6 Å². The average molecular weight is 414 g/mol. The first-order valence-corrected chi connectivity index (χ1v) is 9.52. The number of aryl methyl sites for hydroxylation is 1. The number of hydrogen-bond donors (Lipinski definition) is 2. The van der Waals surface area contributed by atoms with Gasteiger partial charge in [-0.25, -0.2) is 0 Å². The molecular weight excluding hydrogens is 390 g/mol. The average Bonchev–Trinajstić information content (AvgIpc) is 3.05. The summed E-state index contributed by atoms with van der Waals surface area (Å²) in [5, 5.41) is 7.62. The summed E-state index contributed by atoms with van der Waals surface area (Å²) in [6.45, 7) is 0.755. The van der Waals surface area contributed by atoms with E-state index < -0.39 is 0 Å². The van der Waals surface area contributed by atoms with Gasteiger partial charge in [0.1, 0.15) is 12.4 Å². The van der Waals surface area contributed by atoms with Gasteiger partial charge in [-0.3, -0.25) is 9.48 Å². The summed E-state index contributed by atoms with van der Waals surface area (Å²) in [6, 6.07) is 12.8. The number of amides is 1. The molecular formula is C21H24ClN5O2. The minimum absolute atomic E-state index is 0.202. The van der Waals surface area contributed by atoms with Crippen LogP contribution in [0.3, 0.4) is 0 Å². The van der Waals surface area contributed by atoms with Gasteiger partial charge in [-0.1, -0.05) is 17.7 Å². The summed E-state index contributed by atoms with van der Waals surface area (Å²) in [7, 11) is 5.66. The fourth-order valence-corrected chi connectivity index (χ4v) is 3.20. The summed E-state index contributed by atoms with van der Waals surface area (Å²) in [5.41, 5.74) is 9.13. The molecule has 1 amide bonds. The number of anilines is 2. The number of carbonyl (C=O) groups excluding carboxylic acids is 1. The normalized spacial score (nSPS) is 10.7. The summed E-state index contributed by atoms with van der Waals surface area (Å²) in [6.07, 6.45) is 1.57. The lowest BCUT2D eigenvalue weighted by molar-refractivity contribution is 0.102. The van der Waals surface area contributed by atoms with E-state index in [1.54, 1.807) is 36.1 Å². The number of halogens is 1. The Balaban J connectivity index is 1.93. The van der Waals surface area contributed by atoms with Crippen molar-refractivity contribution < 1.29 is 9.53 Å². The molecule has 0 unspecified atom stereocenters. The predicted octanol–water partition coefficient (Wildman–Crippen LogP) is 3.40. The highest BCUT2D eigenvalue weighted by Crippen LogP contribution is 2.36. The third-order valence-electron chi connectivity index (χ3n) is 4.39. The lowest BCUT2D eigenvalue weighted by Gasteiger charge is -2.15. The van der Waals surface area contributed by atoms with Gasteiger partial charge >= 0.3 is 0 Å². The second-order valence-corrected chi connectivity index (χ2v) is 7.12. The molecule has 0 fully saturated rings. The van der Waals surface area contributed by atoms with E-state index in [4.69, 9.17) is 22.1 Å². The molecule has 0 spiro atoms.